The van der Waals surface area contributed by atoms with Crippen molar-refractivity contribution >= 4 is 47.8 Å². The van der Waals surface area contributed by atoms with Crippen LogP contribution in [0.2, 0.25) is 0 Å². The highest BCUT2D eigenvalue weighted by atomic mass is 79.9. The molecule has 1 aliphatic rings. The maximum absolute atomic E-state index is 5.76. The van der Waals surface area contributed by atoms with E-state index >= 15 is 0 Å². The molecule has 0 amide bonds. The topological polar surface area (TPSA) is 9.23 Å². The van der Waals surface area contributed by atoms with Crippen LogP contribution in [0.1, 0.15) is 28.4 Å². The van der Waals surface area contributed by atoms with E-state index in [4.69, 9.17) is 4.74 Å². The summed E-state index contributed by atoms with van der Waals surface area (Å²) in [5.41, 5.74) is 3.78. The molecule has 0 saturated carbocycles. The monoisotopic (exact) mass is 458 g/mol. The molecule has 0 bridgehead atoms. The number of hydrogen-bond acceptors (Lipinski definition) is 1. The predicted octanol–water partition coefficient (Wildman–Crippen LogP) is 6.02. The van der Waals surface area contributed by atoms with Crippen molar-refractivity contribution in [2.45, 2.75) is 24.3 Å². The molecule has 2 atom stereocenters. The van der Waals surface area contributed by atoms with Gasteiger partial charge in [-0.15, -0.1) is 0 Å². The maximum atomic E-state index is 5.76. The lowest BCUT2D eigenvalue weighted by atomic mass is 10.0. The van der Waals surface area contributed by atoms with Crippen LogP contribution in [0.3, 0.4) is 0 Å². The number of ether oxygens (including phenoxy) is 1. The molecule has 3 rings (SSSR count). The smallest absolute Gasteiger partial charge is 0.123 e. The van der Waals surface area contributed by atoms with Gasteiger partial charge in [0.25, 0.3) is 0 Å². The molecule has 20 heavy (non-hydrogen) atoms. The standard InChI is InChI=1S/C16H13Br3O/c1-9-6-11-7-10(2-5-15(11)20-9)16(19)13-4-3-12(17)8-14(13)18/h2-5,7-9,16H,6H2,1H3. The van der Waals surface area contributed by atoms with E-state index in [-0.39, 0.29) is 10.9 Å². The summed E-state index contributed by atoms with van der Waals surface area (Å²) >= 11 is 10.9. The normalized spacial score (nSPS) is 18.5. The molecule has 0 spiro atoms. The van der Waals surface area contributed by atoms with Crippen molar-refractivity contribution in [2.24, 2.45) is 0 Å². The zero-order valence-electron chi connectivity index (χ0n) is 10.9. The van der Waals surface area contributed by atoms with Crippen molar-refractivity contribution in [3.05, 3.63) is 62.0 Å². The molecule has 2 aromatic rings. The highest BCUT2D eigenvalue weighted by Crippen LogP contribution is 2.39. The van der Waals surface area contributed by atoms with E-state index in [0.29, 0.717) is 0 Å². The van der Waals surface area contributed by atoms with E-state index in [1.165, 1.54) is 16.7 Å². The Labute approximate surface area is 144 Å². The van der Waals surface area contributed by atoms with Gasteiger partial charge in [0.15, 0.2) is 0 Å². The lowest BCUT2D eigenvalue weighted by Gasteiger charge is -2.14. The van der Waals surface area contributed by atoms with Crippen molar-refractivity contribution in [2.75, 3.05) is 0 Å². The molecule has 1 nitrogen and oxygen atoms in total. The van der Waals surface area contributed by atoms with Crippen LogP contribution in [0.15, 0.2) is 45.3 Å². The third kappa shape index (κ3) is 2.83. The van der Waals surface area contributed by atoms with Gasteiger partial charge in [0, 0.05) is 15.4 Å². The SMILES string of the molecule is CC1Cc2cc(C(Br)c3ccc(Br)cc3Br)ccc2O1. The Hall–Kier alpha value is -0.320. The number of alkyl halides is 1. The van der Waals surface area contributed by atoms with Gasteiger partial charge < -0.3 is 4.74 Å². The van der Waals surface area contributed by atoms with Crippen LogP contribution < -0.4 is 4.74 Å². The molecule has 1 heterocycles. The average Bonchev–Trinajstić information content (AvgIpc) is 2.77. The van der Waals surface area contributed by atoms with Gasteiger partial charge in [0.05, 0.1) is 4.83 Å². The van der Waals surface area contributed by atoms with Gasteiger partial charge in [-0.05, 0) is 41.8 Å². The number of hydrogen-bond donors (Lipinski definition) is 0. The Morgan fingerprint density at radius 1 is 1.15 bits per heavy atom. The van der Waals surface area contributed by atoms with E-state index in [0.717, 1.165) is 21.1 Å². The fraction of sp³-hybridized carbons (Fsp3) is 0.250. The molecule has 2 aromatic carbocycles. The fourth-order valence-corrected chi connectivity index (χ4v) is 4.75. The first-order valence-electron chi connectivity index (χ1n) is 6.43. The predicted molar refractivity (Wildman–Crippen MR) is 92.8 cm³/mol. The molecule has 0 N–H and O–H groups in total. The molecular formula is C16H13Br3O. The first-order valence-corrected chi connectivity index (χ1v) is 8.93. The van der Waals surface area contributed by atoms with Crippen LogP contribution in [0, 0.1) is 0 Å². The second-order valence-corrected chi connectivity index (χ2v) is 7.71. The summed E-state index contributed by atoms with van der Waals surface area (Å²) in [6.45, 7) is 2.11. The van der Waals surface area contributed by atoms with Crippen molar-refractivity contribution in [3.8, 4) is 5.75 Å². The molecule has 2 unspecified atom stereocenters. The van der Waals surface area contributed by atoms with Gasteiger partial charge in [0.1, 0.15) is 11.9 Å². The summed E-state index contributed by atoms with van der Waals surface area (Å²) in [5, 5.41) is 0. The van der Waals surface area contributed by atoms with E-state index < -0.39 is 0 Å². The summed E-state index contributed by atoms with van der Waals surface area (Å²) in [6.07, 6.45) is 1.28. The van der Waals surface area contributed by atoms with Crippen LogP contribution in [-0.4, -0.2) is 6.10 Å². The Kier molecular flexibility index (Phi) is 4.25. The Balaban J connectivity index is 1.95. The molecular weight excluding hydrogens is 448 g/mol. The zero-order valence-corrected chi connectivity index (χ0v) is 15.6. The highest BCUT2D eigenvalue weighted by molar-refractivity contribution is 9.11. The summed E-state index contributed by atoms with van der Waals surface area (Å²) < 4.78 is 7.93. The summed E-state index contributed by atoms with van der Waals surface area (Å²) in [4.78, 5) is 0.172. The van der Waals surface area contributed by atoms with Gasteiger partial charge in [-0.25, -0.2) is 0 Å². The van der Waals surface area contributed by atoms with Gasteiger partial charge in [-0.2, -0.15) is 0 Å². The first-order chi connectivity index (χ1) is 9.54. The van der Waals surface area contributed by atoms with Crippen molar-refractivity contribution < 1.29 is 4.74 Å². The van der Waals surface area contributed by atoms with E-state index in [1.807, 2.05) is 0 Å². The second kappa shape index (κ2) is 5.82. The van der Waals surface area contributed by atoms with Crippen LogP contribution in [0.5, 0.6) is 5.75 Å². The fourth-order valence-electron chi connectivity index (χ4n) is 2.49. The van der Waals surface area contributed by atoms with Crippen LogP contribution >= 0.6 is 47.8 Å². The van der Waals surface area contributed by atoms with Crippen LogP contribution in [0.25, 0.3) is 0 Å². The van der Waals surface area contributed by atoms with Gasteiger partial charge in [-0.3, -0.25) is 0 Å². The first kappa shape index (κ1) is 14.6. The maximum Gasteiger partial charge on any atom is 0.123 e. The highest BCUT2D eigenvalue weighted by Gasteiger charge is 2.21. The molecule has 0 fully saturated rings. The average molecular weight is 461 g/mol. The minimum atomic E-state index is 0.172. The lowest BCUT2D eigenvalue weighted by molar-refractivity contribution is 0.254. The Morgan fingerprint density at radius 3 is 2.70 bits per heavy atom. The van der Waals surface area contributed by atoms with Crippen molar-refractivity contribution in [1.82, 2.24) is 0 Å². The number of fused-ring (bicyclic) bond motifs is 1. The summed E-state index contributed by atoms with van der Waals surface area (Å²) in [6, 6.07) is 12.7. The third-order valence-corrected chi connectivity index (χ3v) is 5.65. The van der Waals surface area contributed by atoms with Crippen LogP contribution in [-0.2, 0) is 6.42 Å². The van der Waals surface area contributed by atoms with Gasteiger partial charge in [-0.1, -0.05) is 66.0 Å². The van der Waals surface area contributed by atoms with E-state index in [1.54, 1.807) is 0 Å². The molecule has 1 aliphatic heterocycles. The number of rotatable bonds is 2. The number of benzene rings is 2. The largest absolute Gasteiger partial charge is 0.490 e. The Morgan fingerprint density at radius 2 is 1.95 bits per heavy atom. The molecule has 0 aliphatic carbocycles. The van der Waals surface area contributed by atoms with Gasteiger partial charge >= 0.3 is 0 Å². The minimum Gasteiger partial charge on any atom is -0.490 e. The summed E-state index contributed by atoms with van der Waals surface area (Å²) in [7, 11) is 0. The van der Waals surface area contributed by atoms with Gasteiger partial charge in [0.2, 0.25) is 0 Å². The van der Waals surface area contributed by atoms with E-state index in [2.05, 4.69) is 91.1 Å². The lowest BCUT2D eigenvalue weighted by Crippen LogP contribution is -2.05. The third-order valence-electron chi connectivity index (χ3n) is 3.45. The second-order valence-electron chi connectivity index (χ2n) is 5.03. The van der Waals surface area contributed by atoms with Crippen LogP contribution in [0.4, 0.5) is 0 Å². The molecule has 104 valence electrons. The molecule has 0 aromatic heterocycles. The van der Waals surface area contributed by atoms with E-state index in [9.17, 15) is 0 Å². The Bertz CT molecular complexity index is 654. The molecule has 0 saturated heterocycles. The quantitative estimate of drug-likeness (QED) is 0.498. The van der Waals surface area contributed by atoms with Crippen molar-refractivity contribution in [3.63, 3.8) is 0 Å². The minimum absolute atomic E-state index is 0.172. The number of halogens is 3. The zero-order chi connectivity index (χ0) is 14.3. The molecule has 0 radical (unpaired) electrons. The van der Waals surface area contributed by atoms with Crippen molar-refractivity contribution in [1.29, 1.82) is 0 Å². The summed E-state index contributed by atoms with van der Waals surface area (Å²) in [5.74, 6) is 1.02. The molecule has 4 heteroatoms.